The smallest absolute Gasteiger partial charge is 0.0399 e. The van der Waals surface area contributed by atoms with Crippen LogP contribution in [0, 0.1) is 0 Å². The Morgan fingerprint density at radius 2 is 2.07 bits per heavy atom. The molecule has 2 aliphatic heterocycles. The van der Waals surface area contributed by atoms with Crippen molar-refractivity contribution in [3.8, 4) is 0 Å². The number of fused-ring (bicyclic) bond motifs is 4. The Labute approximate surface area is 95.4 Å². The summed E-state index contributed by atoms with van der Waals surface area (Å²) >= 11 is 1.94. The molecular formula is C13H17NS. The zero-order valence-corrected chi connectivity index (χ0v) is 10.4. The van der Waals surface area contributed by atoms with Crippen molar-refractivity contribution in [1.29, 1.82) is 0 Å². The molecule has 0 N–H and O–H groups in total. The average Bonchev–Trinajstić information content (AvgIpc) is 2.65. The van der Waals surface area contributed by atoms with Gasteiger partial charge in [-0.3, -0.25) is 4.90 Å². The Bertz CT molecular complexity index is 429. The van der Waals surface area contributed by atoms with Gasteiger partial charge in [-0.2, -0.15) is 0 Å². The van der Waals surface area contributed by atoms with Crippen LogP contribution in [0.25, 0.3) is 0 Å². The monoisotopic (exact) mass is 219 g/mol. The fourth-order valence-corrected chi connectivity index (χ4v) is 3.99. The number of thiophene rings is 1. The van der Waals surface area contributed by atoms with E-state index in [0.717, 1.165) is 0 Å². The van der Waals surface area contributed by atoms with Crippen molar-refractivity contribution in [2.24, 2.45) is 0 Å². The topological polar surface area (TPSA) is 3.24 Å². The van der Waals surface area contributed by atoms with Crippen LogP contribution in [0.1, 0.15) is 36.8 Å². The van der Waals surface area contributed by atoms with Gasteiger partial charge in [-0.25, -0.2) is 0 Å². The molecule has 0 radical (unpaired) electrons. The molecule has 0 aromatic carbocycles. The Morgan fingerprint density at radius 3 is 2.87 bits per heavy atom. The summed E-state index contributed by atoms with van der Waals surface area (Å²) in [4.78, 5) is 4.19. The van der Waals surface area contributed by atoms with Gasteiger partial charge in [0.1, 0.15) is 0 Å². The molecule has 2 heteroatoms. The first-order chi connectivity index (χ1) is 7.18. The van der Waals surface area contributed by atoms with E-state index in [9.17, 15) is 0 Å². The Hall–Kier alpha value is -0.600. The van der Waals surface area contributed by atoms with E-state index in [0.29, 0.717) is 12.1 Å². The lowest BCUT2D eigenvalue weighted by atomic mass is 9.81. The van der Waals surface area contributed by atoms with Gasteiger partial charge in [0.05, 0.1) is 0 Å². The lowest BCUT2D eigenvalue weighted by Crippen LogP contribution is -2.44. The van der Waals surface area contributed by atoms with Gasteiger partial charge >= 0.3 is 0 Å². The third kappa shape index (κ3) is 1.25. The van der Waals surface area contributed by atoms with Crippen molar-refractivity contribution in [3.05, 3.63) is 33.0 Å². The van der Waals surface area contributed by atoms with Gasteiger partial charge in [-0.1, -0.05) is 11.1 Å². The minimum Gasteiger partial charge on any atom is -0.292 e. The highest BCUT2D eigenvalue weighted by Crippen LogP contribution is 2.44. The molecule has 0 amide bonds. The van der Waals surface area contributed by atoms with E-state index in [4.69, 9.17) is 0 Å². The summed E-state index contributed by atoms with van der Waals surface area (Å²) in [5, 5.41) is 2.25. The van der Waals surface area contributed by atoms with E-state index in [1.807, 2.05) is 11.3 Å². The lowest BCUT2D eigenvalue weighted by Gasteiger charge is -2.45. The molecule has 80 valence electrons. The fourth-order valence-electron chi connectivity index (χ4n) is 3.02. The lowest BCUT2D eigenvalue weighted by molar-refractivity contribution is 0.162. The number of rotatable bonds is 0. The molecule has 2 bridgehead atoms. The second-order valence-corrected chi connectivity index (χ2v) is 5.87. The molecule has 2 atom stereocenters. The first-order valence-electron chi connectivity index (χ1n) is 5.63. The highest BCUT2D eigenvalue weighted by atomic mass is 32.1. The predicted molar refractivity (Wildman–Crippen MR) is 65.3 cm³/mol. The fraction of sp³-hybridized carbons (Fsp3) is 0.538. The highest BCUT2D eigenvalue weighted by Gasteiger charge is 2.37. The third-order valence-corrected chi connectivity index (χ3v) is 5.13. The van der Waals surface area contributed by atoms with Crippen LogP contribution in [0.4, 0.5) is 0 Å². The first-order valence-corrected chi connectivity index (χ1v) is 6.51. The maximum Gasteiger partial charge on any atom is 0.0399 e. The van der Waals surface area contributed by atoms with E-state index in [1.165, 1.54) is 12.8 Å². The number of likely N-dealkylation sites (N-methyl/N-ethyl adjacent to an activating group) is 1. The van der Waals surface area contributed by atoms with Crippen LogP contribution >= 0.6 is 11.3 Å². The molecular weight excluding hydrogens is 202 g/mol. The van der Waals surface area contributed by atoms with Crippen LogP contribution < -0.4 is 0 Å². The van der Waals surface area contributed by atoms with E-state index >= 15 is 0 Å². The average molecular weight is 219 g/mol. The molecule has 0 fully saturated rings. The largest absolute Gasteiger partial charge is 0.292 e. The van der Waals surface area contributed by atoms with Crippen molar-refractivity contribution in [2.45, 2.75) is 38.8 Å². The van der Waals surface area contributed by atoms with Crippen LogP contribution in [0.3, 0.4) is 0 Å². The molecule has 1 aromatic rings. The summed E-state index contributed by atoms with van der Waals surface area (Å²) in [6.07, 6.45) is 2.45. The number of hydrogen-bond donors (Lipinski definition) is 0. The quantitative estimate of drug-likeness (QED) is 0.605. The summed E-state index contributed by atoms with van der Waals surface area (Å²) in [5.74, 6) is 0. The molecule has 2 unspecified atom stereocenters. The zero-order chi connectivity index (χ0) is 10.6. The van der Waals surface area contributed by atoms with Gasteiger partial charge < -0.3 is 0 Å². The van der Waals surface area contributed by atoms with Crippen molar-refractivity contribution in [2.75, 3.05) is 7.05 Å². The molecule has 0 saturated heterocycles. The normalized spacial score (nSPS) is 30.6. The number of hydrogen-bond acceptors (Lipinski definition) is 2. The standard InChI is InChI=1S/C13H17NS/c1-8-6-12-10-4-5-15-13(10)7-11(9(8)2)14(12)3/h4-5,11-12H,6-7H2,1-3H3. The van der Waals surface area contributed by atoms with Crippen molar-refractivity contribution < 1.29 is 0 Å². The molecule has 2 aliphatic rings. The minimum absolute atomic E-state index is 0.647. The molecule has 1 aromatic heterocycles. The number of nitrogens with zero attached hydrogens (tertiary/aromatic N) is 1. The zero-order valence-electron chi connectivity index (χ0n) is 9.58. The van der Waals surface area contributed by atoms with Crippen molar-refractivity contribution in [3.63, 3.8) is 0 Å². The van der Waals surface area contributed by atoms with E-state index in [1.54, 1.807) is 21.6 Å². The van der Waals surface area contributed by atoms with Crippen molar-refractivity contribution >= 4 is 11.3 Å². The summed E-state index contributed by atoms with van der Waals surface area (Å²) in [6.45, 7) is 4.62. The summed E-state index contributed by atoms with van der Waals surface area (Å²) in [5.41, 5.74) is 4.80. The summed E-state index contributed by atoms with van der Waals surface area (Å²) < 4.78 is 0. The van der Waals surface area contributed by atoms with Gasteiger partial charge in [-0.05, 0) is 44.3 Å². The van der Waals surface area contributed by atoms with E-state index in [2.05, 4.69) is 37.2 Å². The Morgan fingerprint density at radius 1 is 1.27 bits per heavy atom. The Balaban J connectivity index is 2.12. The van der Waals surface area contributed by atoms with Gasteiger partial charge in [0.15, 0.2) is 0 Å². The molecule has 3 rings (SSSR count). The maximum absolute atomic E-state index is 2.57. The molecule has 0 spiro atoms. The van der Waals surface area contributed by atoms with Gasteiger partial charge in [0, 0.05) is 23.4 Å². The molecule has 0 aliphatic carbocycles. The van der Waals surface area contributed by atoms with Gasteiger partial charge in [0.2, 0.25) is 0 Å². The predicted octanol–water partition coefficient (Wildman–Crippen LogP) is 3.39. The van der Waals surface area contributed by atoms with Gasteiger partial charge in [0.25, 0.3) is 0 Å². The molecule has 15 heavy (non-hydrogen) atoms. The summed E-state index contributed by atoms with van der Waals surface area (Å²) in [6, 6.07) is 3.63. The second-order valence-electron chi connectivity index (χ2n) is 4.87. The molecule has 0 saturated carbocycles. The van der Waals surface area contributed by atoms with Crippen molar-refractivity contribution in [1.82, 2.24) is 4.90 Å². The van der Waals surface area contributed by atoms with Gasteiger partial charge in [-0.15, -0.1) is 11.3 Å². The van der Waals surface area contributed by atoms with Crippen LogP contribution in [0.15, 0.2) is 22.6 Å². The van der Waals surface area contributed by atoms with Crippen LogP contribution in [0.2, 0.25) is 0 Å². The van der Waals surface area contributed by atoms with E-state index in [-0.39, 0.29) is 0 Å². The highest BCUT2D eigenvalue weighted by molar-refractivity contribution is 7.10. The maximum atomic E-state index is 2.57. The second kappa shape index (κ2) is 3.19. The molecule has 3 heterocycles. The summed E-state index contributed by atoms with van der Waals surface area (Å²) in [7, 11) is 2.28. The van der Waals surface area contributed by atoms with Crippen LogP contribution in [0.5, 0.6) is 0 Å². The Kier molecular flexibility index (Phi) is 2.05. The SMILES string of the molecule is CC1=C(C)C2Cc3sccc3C(C1)N2C. The van der Waals surface area contributed by atoms with Crippen LogP contribution in [-0.2, 0) is 6.42 Å². The third-order valence-electron chi connectivity index (χ3n) is 4.17. The minimum atomic E-state index is 0.647. The van der Waals surface area contributed by atoms with Crippen LogP contribution in [-0.4, -0.2) is 18.0 Å². The molecule has 1 nitrogen and oxygen atoms in total. The van der Waals surface area contributed by atoms with E-state index < -0.39 is 0 Å². The first kappa shape index (κ1) is 9.61.